The Kier molecular flexibility index (Phi) is 27.0. The first-order valence-electron chi connectivity index (χ1n) is 40.2. The Morgan fingerprint density at radius 3 is 1.03 bits per heavy atom. The average Bonchev–Trinajstić information content (AvgIpc) is 1.57. The topological polar surface area (TPSA) is 55.4 Å². The average molecular weight is 1700 g/mol. The summed E-state index contributed by atoms with van der Waals surface area (Å²) in [6, 6.07) is 91.7. The zero-order valence-corrected chi connectivity index (χ0v) is 71.9. The minimum Gasteiger partial charge on any atom is -0.492 e. The summed E-state index contributed by atoms with van der Waals surface area (Å²) in [7, 11) is -5.13. The monoisotopic (exact) mass is 1700 g/mol. The van der Waals surface area contributed by atoms with E-state index in [0.717, 1.165) is 161 Å². The minimum absolute atomic E-state index is 0. The van der Waals surface area contributed by atoms with E-state index < -0.39 is 63.1 Å². The molecule has 0 bridgehead atoms. The van der Waals surface area contributed by atoms with Crippen LogP contribution in [-0.2, 0) is 56.8 Å². The van der Waals surface area contributed by atoms with E-state index in [-0.39, 0.29) is 26.2 Å². The molecule has 5 aliphatic heterocycles. The van der Waals surface area contributed by atoms with E-state index in [9.17, 15) is 26.3 Å². The molecule has 0 saturated carbocycles. The number of fused-ring (bicyclic) bond motifs is 5. The molecule has 5 aliphatic rings. The van der Waals surface area contributed by atoms with E-state index >= 15 is 0 Å². The fourth-order valence-electron chi connectivity index (χ4n) is 16.5. The van der Waals surface area contributed by atoms with Crippen LogP contribution in [0.5, 0.6) is 40.2 Å². The molecular formula is C103H101F6O6P5. The smallest absolute Gasteiger partial charge is 0.416 e. The van der Waals surface area contributed by atoms with Gasteiger partial charge in [0.05, 0.1) is 44.2 Å². The lowest BCUT2D eigenvalue weighted by Crippen LogP contribution is -2.26. The van der Waals surface area contributed by atoms with Crippen LogP contribution >= 0.6 is 39.6 Å². The summed E-state index contributed by atoms with van der Waals surface area (Å²) in [5.74, 6) is 6.61. The number of alkyl halides is 6. The van der Waals surface area contributed by atoms with Gasteiger partial charge >= 0.3 is 12.4 Å². The van der Waals surface area contributed by atoms with Gasteiger partial charge < -0.3 is 28.4 Å². The van der Waals surface area contributed by atoms with Crippen LogP contribution in [0.4, 0.5) is 26.3 Å². The van der Waals surface area contributed by atoms with E-state index in [2.05, 4.69) is 217 Å². The van der Waals surface area contributed by atoms with Crippen LogP contribution in [-0.4, -0.2) is 38.2 Å². The van der Waals surface area contributed by atoms with Crippen LogP contribution in [0, 0.1) is 34.6 Å². The summed E-state index contributed by atoms with van der Waals surface area (Å²) in [6.07, 6.45) is -3.42. The van der Waals surface area contributed by atoms with Crippen molar-refractivity contribution in [3.8, 4) is 40.2 Å². The molecule has 0 aliphatic carbocycles. The van der Waals surface area contributed by atoms with Crippen molar-refractivity contribution in [3.05, 3.63) is 351 Å². The van der Waals surface area contributed by atoms with Crippen molar-refractivity contribution in [3.63, 3.8) is 0 Å². The van der Waals surface area contributed by atoms with Crippen molar-refractivity contribution in [2.45, 2.75) is 132 Å². The van der Waals surface area contributed by atoms with E-state index in [0.29, 0.717) is 34.9 Å². The van der Waals surface area contributed by atoms with Crippen LogP contribution in [0.2, 0.25) is 0 Å². The Bertz CT molecular complexity index is 5640. The maximum atomic E-state index is 14.1. The van der Waals surface area contributed by atoms with Crippen LogP contribution in [0.3, 0.4) is 0 Å². The maximum absolute atomic E-state index is 14.1. The molecule has 5 heterocycles. The molecule has 0 fully saturated rings. The van der Waals surface area contributed by atoms with Crippen LogP contribution < -0.4 is 92.1 Å². The first kappa shape index (κ1) is 86.8. The molecule has 13 aromatic carbocycles. The van der Waals surface area contributed by atoms with Gasteiger partial charge in [0.1, 0.15) is 40.2 Å². The predicted molar refractivity (Wildman–Crippen MR) is 494 cm³/mol. The van der Waals surface area contributed by atoms with Crippen LogP contribution in [0.1, 0.15) is 114 Å². The summed E-state index contributed by atoms with van der Waals surface area (Å²) < 4.78 is 122. The molecule has 2 unspecified atom stereocenters. The minimum atomic E-state index is -4.61. The Morgan fingerprint density at radius 1 is 0.300 bits per heavy atom. The van der Waals surface area contributed by atoms with Gasteiger partial charge in [-0.2, -0.15) is 26.3 Å². The highest BCUT2D eigenvalue weighted by molar-refractivity contribution is 7.81. The molecule has 0 N–H and O–H groups in total. The lowest BCUT2D eigenvalue weighted by Gasteiger charge is -2.34. The zero-order chi connectivity index (χ0) is 82.0. The predicted octanol–water partition coefficient (Wildman–Crippen LogP) is 22.4. The molecule has 17 heteroatoms. The summed E-state index contributed by atoms with van der Waals surface area (Å²) in [5, 5.41) is 13.3. The number of hydrogen-bond acceptors (Lipinski definition) is 6. The van der Waals surface area contributed by atoms with Gasteiger partial charge in [-0.3, -0.25) is 0 Å². The molecule has 0 saturated heterocycles. The van der Waals surface area contributed by atoms with Gasteiger partial charge in [-0.05, 0) is 201 Å². The summed E-state index contributed by atoms with van der Waals surface area (Å²) in [4.78, 5) is 0. The Morgan fingerprint density at radius 2 is 0.625 bits per heavy atom. The third-order valence-electron chi connectivity index (χ3n) is 22.0. The van der Waals surface area contributed by atoms with Gasteiger partial charge in [-0.1, -0.05) is 291 Å². The maximum Gasteiger partial charge on any atom is 0.416 e. The molecule has 18 rings (SSSR count). The van der Waals surface area contributed by atoms with E-state index in [1.54, 1.807) is 26.0 Å². The Hall–Kier alpha value is -9.61. The van der Waals surface area contributed by atoms with Gasteiger partial charge in [0, 0.05) is 70.1 Å². The number of para-hydroxylation sites is 7. The summed E-state index contributed by atoms with van der Waals surface area (Å²) in [5.41, 5.74) is 11.5. The van der Waals surface area contributed by atoms with Crippen molar-refractivity contribution in [2.24, 2.45) is 0 Å². The number of benzene rings is 13. The lowest BCUT2D eigenvalue weighted by atomic mass is 10.1. The summed E-state index contributed by atoms with van der Waals surface area (Å²) >= 11 is 0. The molecule has 616 valence electrons. The van der Waals surface area contributed by atoms with Crippen molar-refractivity contribution in [1.29, 1.82) is 0 Å². The van der Waals surface area contributed by atoms with E-state index in [4.69, 9.17) is 28.4 Å². The second-order valence-corrected chi connectivity index (χ2v) is 43.2. The SMILES string of the molecule is C.C.Cc1cc(C)cc(P(Cc2ccccc2P(c2ccccc2)c2cccc3c2OCC3)C(C)(C)C)c1.Cc1cc(P(Cc2ccccc2P(c2cccc3c2OCC3)c2cccc3c2OCC3)c2cc(C)cc(C(F)(F)F)c2)cc(C(F)(F)F)c1.Cc1ccccc1Oc1ccccc1P(c1cccc2c1OCC2)c1cccc2c1OCC2. The molecule has 6 nitrogen and oxygen atoms in total. The summed E-state index contributed by atoms with van der Waals surface area (Å²) in [6.45, 7) is 20.3. The molecule has 0 spiro atoms. The molecule has 2 atom stereocenters. The third-order valence-corrected chi connectivity index (χ3v) is 35.2. The van der Waals surface area contributed by atoms with E-state index in [1.807, 2.05) is 60.7 Å². The highest BCUT2D eigenvalue weighted by Crippen LogP contribution is 2.54. The quantitative estimate of drug-likeness (QED) is 0.0630. The second-order valence-electron chi connectivity index (χ2n) is 31.6. The van der Waals surface area contributed by atoms with Gasteiger partial charge in [0.2, 0.25) is 0 Å². The fraction of sp³-hybridized carbons (Fsp3) is 0.243. The second kappa shape index (κ2) is 37.4. The molecular weight excluding hydrogens is 1600 g/mol. The number of aryl methyl sites for hydroxylation is 5. The first-order chi connectivity index (χ1) is 57.0. The highest BCUT2D eigenvalue weighted by atomic mass is 31.1. The number of hydrogen-bond donors (Lipinski definition) is 0. The normalized spacial score (nSPS) is 14.0. The molecule has 0 radical (unpaired) electrons. The van der Waals surface area contributed by atoms with Crippen molar-refractivity contribution < 1.29 is 54.8 Å². The molecule has 0 aromatic heterocycles. The Balaban J connectivity index is 0.000000150. The largest absolute Gasteiger partial charge is 0.492 e. The molecule has 13 aromatic rings. The number of ether oxygens (including phenoxy) is 6. The number of halogens is 6. The van der Waals surface area contributed by atoms with Crippen LogP contribution in [0.15, 0.2) is 273 Å². The standard InChI is InChI=1S/C39H32F6O2P2.C33H36OP2.C29H25O3P.2CH4/c1-24-17-29(38(40,41)42)21-31(19-24)48(32-20-25(2)18-30(22-32)39(43,44)45)23-28-7-3-4-10-33(28)49(34-11-5-8-26-13-15-46-36(26)34)35-12-6-9-27-14-16-47-37(27)35;1-24-20-25(2)22-29(21-24)35(33(3,4)5)23-27-12-9-10-16-30(27)36(28-14-7-6-8-15-28)31-17-11-13-26-18-19-34-32(26)31;1-20-8-2-3-11-23(20)32-24-12-4-5-13-25(24)33(26-14-6-9-21-16-18-30-28(21)26)27-15-7-10-22-17-19-31-29(22)27;;/h3-12,17-22H,13-16,23H2,1-2H3;6-17,20-22H,18-19,23H2,1-5H3;2-15H,16-19H2,1H3;2*1H4. The van der Waals surface area contributed by atoms with Crippen LogP contribution in [0.25, 0.3) is 0 Å². The van der Waals surface area contributed by atoms with Gasteiger partial charge in [-0.25, -0.2) is 0 Å². The van der Waals surface area contributed by atoms with Gasteiger partial charge in [0.25, 0.3) is 0 Å². The van der Waals surface area contributed by atoms with Gasteiger partial charge in [0.15, 0.2) is 0 Å². The number of rotatable bonds is 18. The van der Waals surface area contributed by atoms with Crippen molar-refractivity contribution >= 4 is 103 Å². The van der Waals surface area contributed by atoms with Crippen molar-refractivity contribution in [2.75, 3.05) is 33.0 Å². The van der Waals surface area contributed by atoms with Gasteiger partial charge in [-0.15, -0.1) is 0 Å². The highest BCUT2D eigenvalue weighted by Gasteiger charge is 2.39. The fourth-order valence-corrected chi connectivity index (χ4v) is 30.1. The molecule has 0 amide bonds. The third kappa shape index (κ3) is 19.0. The Labute approximate surface area is 709 Å². The van der Waals surface area contributed by atoms with E-state index in [1.165, 1.54) is 70.5 Å². The van der Waals surface area contributed by atoms with Crippen molar-refractivity contribution in [1.82, 2.24) is 0 Å². The zero-order valence-electron chi connectivity index (χ0n) is 67.4. The lowest BCUT2D eigenvalue weighted by molar-refractivity contribution is -0.138. The molecule has 120 heavy (non-hydrogen) atoms. The first-order valence-corrected chi connectivity index (χ1v) is 47.2.